The van der Waals surface area contributed by atoms with Gasteiger partial charge in [0.15, 0.2) is 0 Å². The lowest BCUT2D eigenvalue weighted by Gasteiger charge is -2.17. The Morgan fingerprint density at radius 1 is 1.36 bits per heavy atom. The molecule has 1 fully saturated rings. The minimum absolute atomic E-state index is 0.558. The first-order valence-corrected chi connectivity index (χ1v) is 4.86. The van der Waals surface area contributed by atoms with Crippen LogP contribution in [0.3, 0.4) is 0 Å². The Hall–Kier alpha value is -0.0800. The van der Waals surface area contributed by atoms with Gasteiger partial charge in [-0.25, -0.2) is 0 Å². The summed E-state index contributed by atoms with van der Waals surface area (Å²) >= 11 is 0. The Morgan fingerprint density at radius 3 is 2.55 bits per heavy atom. The molecule has 0 heterocycles. The van der Waals surface area contributed by atoms with Gasteiger partial charge in [0.25, 0.3) is 0 Å². The molecular formula is C9H20N2. The van der Waals surface area contributed by atoms with Gasteiger partial charge in [-0.2, -0.15) is 0 Å². The summed E-state index contributed by atoms with van der Waals surface area (Å²) in [6.45, 7) is 5.57. The van der Waals surface area contributed by atoms with Crippen LogP contribution in [0, 0.1) is 0 Å². The Bertz CT molecular complexity index is 99.7. The number of rotatable bonds is 6. The summed E-state index contributed by atoms with van der Waals surface area (Å²) < 4.78 is 0. The fraction of sp³-hybridized carbons (Fsp3) is 1.00. The summed E-state index contributed by atoms with van der Waals surface area (Å²) in [4.78, 5) is 0. The van der Waals surface area contributed by atoms with Crippen LogP contribution in [0.1, 0.15) is 39.5 Å². The standard InChI is InChI=1S/C9H20N2/c1-3-7-10-9(4-2)11-8-5-6-8/h8-11H,3-7H2,1-2H3. The van der Waals surface area contributed by atoms with E-state index in [2.05, 4.69) is 24.5 Å². The zero-order valence-corrected chi connectivity index (χ0v) is 7.69. The van der Waals surface area contributed by atoms with Gasteiger partial charge >= 0.3 is 0 Å². The minimum atomic E-state index is 0.558. The Balaban J connectivity index is 2.02. The largest absolute Gasteiger partial charge is 0.302 e. The zero-order valence-electron chi connectivity index (χ0n) is 7.69. The molecule has 0 aromatic carbocycles. The first-order valence-electron chi connectivity index (χ1n) is 4.86. The van der Waals surface area contributed by atoms with Crippen LogP contribution in [0.4, 0.5) is 0 Å². The second-order valence-corrected chi connectivity index (χ2v) is 3.36. The average Bonchev–Trinajstić information content (AvgIpc) is 2.81. The fourth-order valence-corrected chi connectivity index (χ4v) is 1.17. The maximum atomic E-state index is 3.56. The van der Waals surface area contributed by atoms with Gasteiger partial charge < -0.3 is 5.32 Å². The Labute approximate surface area is 69.8 Å². The summed E-state index contributed by atoms with van der Waals surface area (Å²) in [6, 6.07) is 0.823. The molecule has 1 aliphatic carbocycles. The third-order valence-electron chi connectivity index (χ3n) is 2.06. The third-order valence-corrected chi connectivity index (χ3v) is 2.06. The van der Waals surface area contributed by atoms with Crippen LogP contribution in [0.5, 0.6) is 0 Å². The summed E-state index contributed by atoms with van der Waals surface area (Å²) in [7, 11) is 0. The van der Waals surface area contributed by atoms with Crippen LogP contribution in [0.2, 0.25) is 0 Å². The first-order chi connectivity index (χ1) is 5.36. The molecule has 0 spiro atoms. The molecule has 1 unspecified atom stereocenters. The van der Waals surface area contributed by atoms with Gasteiger partial charge in [-0.3, -0.25) is 5.32 Å². The van der Waals surface area contributed by atoms with Crippen LogP contribution >= 0.6 is 0 Å². The quantitative estimate of drug-likeness (QED) is 0.569. The maximum absolute atomic E-state index is 3.56. The zero-order chi connectivity index (χ0) is 8.10. The van der Waals surface area contributed by atoms with Crippen LogP contribution in [-0.4, -0.2) is 18.8 Å². The molecule has 1 atom stereocenters. The van der Waals surface area contributed by atoms with Gasteiger partial charge in [0, 0.05) is 6.04 Å². The number of hydrogen-bond acceptors (Lipinski definition) is 2. The minimum Gasteiger partial charge on any atom is -0.302 e. The van der Waals surface area contributed by atoms with E-state index in [-0.39, 0.29) is 0 Å². The maximum Gasteiger partial charge on any atom is 0.0571 e. The predicted octanol–water partition coefficient (Wildman–Crippen LogP) is 1.47. The van der Waals surface area contributed by atoms with E-state index in [0.717, 1.165) is 12.6 Å². The normalized spacial score (nSPS) is 20.2. The molecule has 11 heavy (non-hydrogen) atoms. The number of nitrogens with one attached hydrogen (secondary N) is 2. The molecule has 2 nitrogen and oxygen atoms in total. The van der Waals surface area contributed by atoms with E-state index in [1.165, 1.54) is 25.7 Å². The molecule has 0 bridgehead atoms. The monoisotopic (exact) mass is 156 g/mol. The van der Waals surface area contributed by atoms with Crippen molar-refractivity contribution in [3.8, 4) is 0 Å². The highest BCUT2D eigenvalue weighted by atomic mass is 15.1. The van der Waals surface area contributed by atoms with Crippen molar-refractivity contribution in [2.45, 2.75) is 51.7 Å². The van der Waals surface area contributed by atoms with Crippen molar-refractivity contribution in [2.75, 3.05) is 6.54 Å². The molecule has 0 amide bonds. The summed E-state index contributed by atoms with van der Waals surface area (Å²) in [5.41, 5.74) is 0. The molecule has 0 aromatic rings. The molecule has 0 saturated heterocycles. The van der Waals surface area contributed by atoms with Crippen molar-refractivity contribution >= 4 is 0 Å². The number of hydrogen-bond donors (Lipinski definition) is 2. The molecule has 66 valence electrons. The van der Waals surface area contributed by atoms with E-state index in [9.17, 15) is 0 Å². The van der Waals surface area contributed by atoms with Crippen molar-refractivity contribution in [1.82, 2.24) is 10.6 Å². The van der Waals surface area contributed by atoms with Crippen molar-refractivity contribution in [2.24, 2.45) is 0 Å². The molecule has 2 N–H and O–H groups in total. The lowest BCUT2D eigenvalue weighted by Crippen LogP contribution is -2.43. The van der Waals surface area contributed by atoms with E-state index in [0.29, 0.717) is 6.17 Å². The molecule has 1 aliphatic rings. The highest BCUT2D eigenvalue weighted by Gasteiger charge is 2.23. The van der Waals surface area contributed by atoms with Gasteiger partial charge in [0.05, 0.1) is 6.17 Å². The van der Waals surface area contributed by atoms with Crippen molar-refractivity contribution in [3.05, 3.63) is 0 Å². The average molecular weight is 156 g/mol. The van der Waals surface area contributed by atoms with Gasteiger partial charge in [0.2, 0.25) is 0 Å². The fourth-order valence-electron chi connectivity index (χ4n) is 1.17. The van der Waals surface area contributed by atoms with Crippen LogP contribution in [0.15, 0.2) is 0 Å². The summed E-state index contributed by atoms with van der Waals surface area (Å²) in [6.07, 6.45) is 5.73. The van der Waals surface area contributed by atoms with Crippen LogP contribution in [0.25, 0.3) is 0 Å². The van der Waals surface area contributed by atoms with Gasteiger partial charge in [-0.15, -0.1) is 0 Å². The Kier molecular flexibility index (Phi) is 3.87. The van der Waals surface area contributed by atoms with Crippen molar-refractivity contribution in [3.63, 3.8) is 0 Å². The van der Waals surface area contributed by atoms with Crippen LogP contribution < -0.4 is 10.6 Å². The van der Waals surface area contributed by atoms with E-state index < -0.39 is 0 Å². The van der Waals surface area contributed by atoms with Crippen molar-refractivity contribution in [1.29, 1.82) is 0 Å². The molecule has 1 saturated carbocycles. The topological polar surface area (TPSA) is 24.1 Å². The first kappa shape index (κ1) is 9.01. The van der Waals surface area contributed by atoms with Crippen LogP contribution in [-0.2, 0) is 0 Å². The van der Waals surface area contributed by atoms with Gasteiger partial charge in [0.1, 0.15) is 0 Å². The summed E-state index contributed by atoms with van der Waals surface area (Å²) in [5, 5.41) is 7.04. The molecule has 0 aromatic heterocycles. The second-order valence-electron chi connectivity index (χ2n) is 3.36. The molecular weight excluding hydrogens is 136 g/mol. The molecule has 2 heteroatoms. The highest BCUT2D eigenvalue weighted by molar-refractivity contribution is 4.83. The van der Waals surface area contributed by atoms with E-state index in [1.807, 2.05) is 0 Å². The van der Waals surface area contributed by atoms with Gasteiger partial charge in [-0.05, 0) is 32.2 Å². The highest BCUT2D eigenvalue weighted by Crippen LogP contribution is 2.19. The van der Waals surface area contributed by atoms with E-state index in [4.69, 9.17) is 0 Å². The van der Waals surface area contributed by atoms with Gasteiger partial charge in [-0.1, -0.05) is 13.8 Å². The molecule has 0 aliphatic heterocycles. The SMILES string of the molecule is CCCNC(CC)NC1CC1. The second kappa shape index (κ2) is 4.73. The molecule has 0 radical (unpaired) electrons. The molecule has 1 rings (SSSR count). The predicted molar refractivity (Wildman–Crippen MR) is 48.5 cm³/mol. The van der Waals surface area contributed by atoms with E-state index in [1.54, 1.807) is 0 Å². The lowest BCUT2D eigenvalue weighted by molar-refractivity contribution is 0.411. The third kappa shape index (κ3) is 3.73. The smallest absolute Gasteiger partial charge is 0.0571 e. The lowest BCUT2D eigenvalue weighted by atomic mass is 10.3. The summed E-state index contributed by atoms with van der Waals surface area (Å²) in [5.74, 6) is 0. The van der Waals surface area contributed by atoms with E-state index >= 15 is 0 Å². The van der Waals surface area contributed by atoms with Crippen molar-refractivity contribution < 1.29 is 0 Å². The Morgan fingerprint density at radius 2 is 2.09 bits per heavy atom.